The molecule has 1 aliphatic rings. The van der Waals surface area contributed by atoms with Crippen LogP contribution in [0.2, 0.25) is 0 Å². The van der Waals surface area contributed by atoms with Gasteiger partial charge in [0.05, 0.1) is 11.2 Å². The van der Waals surface area contributed by atoms with Crippen molar-refractivity contribution in [1.82, 2.24) is 15.2 Å². The van der Waals surface area contributed by atoms with Crippen molar-refractivity contribution in [3.05, 3.63) is 15.6 Å². The van der Waals surface area contributed by atoms with Gasteiger partial charge in [0.15, 0.2) is 0 Å². The molecule has 0 amide bonds. The van der Waals surface area contributed by atoms with Gasteiger partial charge in [-0.2, -0.15) is 0 Å². The van der Waals surface area contributed by atoms with E-state index in [9.17, 15) is 0 Å². The van der Waals surface area contributed by atoms with Crippen LogP contribution in [0, 0.1) is 6.92 Å². The zero-order valence-electron chi connectivity index (χ0n) is 13.8. The topological polar surface area (TPSA) is 28.2 Å². The Labute approximate surface area is 127 Å². The minimum atomic E-state index is 0.0724. The van der Waals surface area contributed by atoms with Crippen molar-refractivity contribution < 1.29 is 0 Å². The standard InChI is InChI=1S/C16H29N3S/c1-7-14-13(5)20-15(17-14)16(18-11(2)3)8-9-19(6)12(4)10-16/h11-12,18H,7-10H2,1-6H3. The smallest absolute Gasteiger partial charge is 0.113 e. The Morgan fingerprint density at radius 1 is 1.50 bits per heavy atom. The molecule has 1 N–H and O–H groups in total. The van der Waals surface area contributed by atoms with Crippen LogP contribution in [0.1, 0.15) is 56.1 Å². The molecule has 0 aliphatic carbocycles. The van der Waals surface area contributed by atoms with Crippen LogP contribution in [0.15, 0.2) is 0 Å². The van der Waals surface area contributed by atoms with Crippen LogP contribution >= 0.6 is 11.3 Å². The second kappa shape index (κ2) is 6.12. The van der Waals surface area contributed by atoms with Gasteiger partial charge in [-0.15, -0.1) is 11.3 Å². The third-order valence-corrected chi connectivity index (χ3v) is 5.71. The molecular weight excluding hydrogens is 266 g/mol. The van der Waals surface area contributed by atoms with Gasteiger partial charge >= 0.3 is 0 Å². The first-order valence-electron chi connectivity index (χ1n) is 7.82. The second-order valence-corrected chi connectivity index (χ2v) is 7.74. The number of thiazole rings is 1. The highest BCUT2D eigenvalue weighted by Crippen LogP contribution is 2.38. The largest absolute Gasteiger partial charge is 0.304 e. The Balaban J connectivity index is 2.36. The Morgan fingerprint density at radius 2 is 2.20 bits per heavy atom. The molecule has 2 unspecified atom stereocenters. The van der Waals surface area contributed by atoms with Gasteiger partial charge in [0.25, 0.3) is 0 Å². The third kappa shape index (κ3) is 3.07. The molecule has 1 aromatic rings. The van der Waals surface area contributed by atoms with Crippen LogP contribution in [0.3, 0.4) is 0 Å². The van der Waals surface area contributed by atoms with Crippen LogP contribution in [-0.2, 0) is 12.0 Å². The van der Waals surface area contributed by atoms with E-state index in [-0.39, 0.29) is 5.54 Å². The molecule has 2 atom stereocenters. The summed E-state index contributed by atoms with van der Waals surface area (Å²) >= 11 is 1.90. The lowest BCUT2D eigenvalue weighted by atomic mass is 9.83. The van der Waals surface area contributed by atoms with Gasteiger partial charge in [-0.3, -0.25) is 0 Å². The molecule has 1 fully saturated rings. The maximum Gasteiger partial charge on any atom is 0.113 e. The molecule has 0 aromatic carbocycles. The molecule has 1 aromatic heterocycles. The molecule has 3 nitrogen and oxygen atoms in total. The van der Waals surface area contributed by atoms with Crippen molar-refractivity contribution in [3.63, 3.8) is 0 Å². The Bertz CT molecular complexity index is 455. The van der Waals surface area contributed by atoms with Crippen molar-refractivity contribution in [2.45, 2.75) is 71.5 Å². The molecule has 0 saturated carbocycles. The summed E-state index contributed by atoms with van der Waals surface area (Å²) in [4.78, 5) is 8.82. The third-order valence-electron chi connectivity index (χ3n) is 4.49. The lowest BCUT2D eigenvalue weighted by Gasteiger charge is -2.45. The molecule has 0 radical (unpaired) electrons. The van der Waals surface area contributed by atoms with Crippen molar-refractivity contribution in [2.75, 3.05) is 13.6 Å². The summed E-state index contributed by atoms with van der Waals surface area (Å²) in [6.45, 7) is 12.4. The molecule has 20 heavy (non-hydrogen) atoms. The summed E-state index contributed by atoms with van der Waals surface area (Å²) in [6, 6.07) is 1.09. The van der Waals surface area contributed by atoms with Gasteiger partial charge in [-0.25, -0.2) is 4.98 Å². The van der Waals surface area contributed by atoms with Gasteiger partial charge in [-0.05, 0) is 54.0 Å². The summed E-state index contributed by atoms with van der Waals surface area (Å²) in [5, 5.41) is 5.15. The first kappa shape index (κ1) is 15.9. The van der Waals surface area contributed by atoms with Crippen LogP contribution in [0.4, 0.5) is 0 Å². The van der Waals surface area contributed by atoms with E-state index in [2.05, 4.69) is 51.9 Å². The highest BCUT2D eigenvalue weighted by atomic mass is 32.1. The van der Waals surface area contributed by atoms with E-state index in [1.165, 1.54) is 15.6 Å². The maximum absolute atomic E-state index is 4.97. The van der Waals surface area contributed by atoms with E-state index in [0.717, 1.165) is 25.8 Å². The minimum absolute atomic E-state index is 0.0724. The van der Waals surface area contributed by atoms with Crippen LogP contribution in [0.25, 0.3) is 0 Å². The monoisotopic (exact) mass is 295 g/mol. The molecular formula is C16H29N3S. The van der Waals surface area contributed by atoms with Gasteiger partial charge in [0.2, 0.25) is 0 Å². The number of rotatable bonds is 4. The van der Waals surface area contributed by atoms with Gasteiger partial charge in [0.1, 0.15) is 5.01 Å². The van der Waals surface area contributed by atoms with Crippen molar-refractivity contribution in [3.8, 4) is 0 Å². The average molecular weight is 295 g/mol. The van der Waals surface area contributed by atoms with Gasteiger partial charge in [0, 0.05) is 23.5 Å². The van der Waals surface area contributed by atoms with E-state index in [1.54, 1.807) is 0 Å². The van der Waals surface area contributed by atoms with E-state index in [4.69, 9.17) is 4.98 Å². The predicted octanol–water partition coefficient (Wildman–Crippen LogP) is 3.32. The maximum atomic E-state index is 4.97. The molecule has 2 heterocycles. The second-order valence-electron chi connectivity index (χ2n) is 6.54. The molecule has 0 spiro atoms. The minimum Gasteiger partial charge on any atom is -0.304 e. The van der Waals surface area contributed by atoms with E-state index in [0.29, 0.717) is 12.1 Å². The Morgan fingerprint density at radius 3 is 2.70 bits per heavy atom. The molecule has 114 valence electrons. The molecule has 0 bridgehead atoms. The Hall–Kier alpha value is -0.450. The Kier molecular flexibility index (Phi) is 4.88. The number of hydrogen-bond acceptors (Lipinski definition) is 4. The zero-order chi connectivity index (χ0) is 14.9. The van der Waals surface area contributed by atoms with Gasteiger partial charge < -0.3 is 10.2 Å². The van der Waals surface area contributed by atoms with E-state index < -0.39 is 0 Å². The number of hydrogen-bond donors (Lipinski definition) is 1. The number of nitrogens with one attached hydrogen (secondary N) is 1. The number of aryl methyl sites for hydroxylation is 2. The zero-order valence-corrected chi connectivity index (χ0v) is 14.6. The summed E-state index contributed by atoms with van der Waals surface area (Å²) in [5.41, 5.74) is 1.35. The lowest BCUT2D eigenvalue weighted by Crippen LogP contribution is -2.55. The summed E-state index contributed by atoms with van der Waals surface area (Å²) in [5.74, 6) is 0. The van der Waals surface area contributed by atoms with Crippen LogP contribution < -0.4 is 5.32 Å². The fourth-order valence-corrected chi connectivity index (χ4v) is 4.44. The van der Waals surface area contributed by atoms with E-state index in [1.807, 2.05) is 11.3 Å². The van der Waals surface area contributed by atoms with Crippen molar-refractivity contribution >= 4 is 11.3 Å². The quantitative estimate of drug-likeness (QED) is 0.923. The van der Waals surface area contributed by atoms with Crippen LogP contribution in [-0.4, -0.2) is 35.6 Å². The normalized spacial score (nSPS) is 28.2. The molecule has 1 aliphatic heterocycles. The molecule has 2 rings (SSSR count). The number of aromatic nitrogens is 1. The first-order chi connectivity index (χ1) is 9.38. The van der Waals surface area contributed by atoms with Crippen molar-refractivity contribution in [2.24, 2.45) is 0 Å². The predicted molar refractivity (Wildman–Crippen MR) is 87.5 cm³/mol. The van der Waals surface area contributed by atoms with E-state index >= 15 is 0 Å². The highest BCUT2D eigenvalue weighted by Gasteiger charge is 2.41. The first-order valence-corrected chi connectivity index (χ1v) is 8.64. The number of likely N-dealkylation sites (tertiary alicyclic amines) is 1. The highest BCUT2D eigenvalue weighted by molar-refractivity contribution is 7.11. The summed E-state index contributed by atoms with van der Waals surface area (Å²) in [7, 11) is 2.23. The summed E-state index contributed by atoms with van der Waals surface area (Å²) < 4.78 is 0. The lowest BCUT2D eigenvalue weighted by molar-refractivity contribution is 0.0991. The number of piperidine rings is 1. The molecule has 1 saturated heterocycles. The fraction of sp³-hybridized carbons (Fsp3) is 0.812. The summed E-state index contributed by atoms with van der Waals surface area (Å²) in [6.07, 6.45) is 3.34. The average Bonchev–Trinajstić information content (AvgIpc) is 2.75. The van der Waals surface area contributed by atoms with Crippen molar-refractivity contribution in [1.29, 1.82) is 0 Å². The van der Waals surface area contributed by atoms with Gasteiger partial charge in [-0.1, -0.05) is 6.92 Å². The number of nitrogens with zero attached hydrogens (tertiary/aromatic N) is 2. The fourth-order valence-electron chi connectivity index (χ4n) is 3.25. The SMILES string of the molecule is CCc1nc(C2(NC(C)C)CCN(C)C(C)C2)sc1C. The molecule has 4 heteroatoms. The van der Waals surface area contributed by atoms with Crippen LogP contribution in [0.5, 0.6) is 0 Å².